The maximum atomic E-state index is 13.8. The van der Waals surface area contributed by atoms with E-state index in [0.717, 1.165) is 5.56 Å². The van der Waals surface area contributed by atoms with E-state index in [1.807, 2.05) is 30.1 Å². The number of nitrogens with zero attached hydrogens (tertiary/aromatic N) is 1. The van der Waals surface area contributed by atoms with Crippen molar-refractivity contribution < 1.29 is 4.39 Å². The third-order valence-electron chi connectivity index (χ3n) is 3.18. The quantitative estimate of drug-likeness (QED) is 0.657. The van der Waals surface area contributed by atoms with Gasteiger partial charge in [-0.1, -0.05) is 35.9 Å². The monoisotopic (exact) mass is 305 g/mol. The summed E-state index contributed by atoms with van der Waals surface area (Å²) in [5, 5.41) is 7.88. The van der Waals surface area contributed by atoms with Gasteiger partial charge >= 0.3 is 0 Å². The third kappa shape index (κ3) is 4.03. The minimum atomic E-state index is -0.299. The van der Waals surface area contributed by atoms with Gasteiger partial charge in [0, 0.05) is 29.2 Å². The summed E-state index contributed by atoms with van der Waals surface area (Å²) in [6.07, 6.45) is 0. The number of nitrogens with one attached hydrogen (secondary N) is 1. The fraction of sp³-hybridized carbons (Fsp3) is 0.188. The second kappa shape index (κ2) is 6.70. The highest BCUT2D eigenvalue weighted by atomic mass is 35.5. The first-order valence-corrected chi connectivity index (χ1v) is 6.90. The molecule has 0 bridgehead atoms. The zero-order valence-electron chi connectivity index (χ0n) is 11.7. The standard InChI is InChI=1S/C16H17ClFN3/c1-21(10-13-14(17)6-3-7-15(13)18)9-11-4-2-5-12(8-11)16(19)20/h2-8H,9-10H2,1H3,(H3,19,20). The average Bonchev–Trinajstić information content (AvgIpc) is 2.43. The molecule has 0 saturated carbocycles. The molecule has 0 heterocycles. The summed E-state index contributed by atoms with van der Waals surface area (Å²) in [6.45, 7) is 1.03. The molecule has 0 saturated heterocycles. The zero-order valence-corrected chi connectivity index (χ0v) is 12.5. The lowest BCUT2D eigenvalue weighted by molar-refractivity contribution is 0.313. The average molecular weight is 306 g/mol. The Balaban J connectivity index is 2.10. The summed E-state index contributed by atoms with van der Waals surface area (Å²) < 4.78 is 13.8. The van der Waals surface area contributed by atoms with Crippen molar-refractivity contribution in [3.05, 3.63) is 70.0 Å². The van der Waals surface area contributed by atoms with Crippen LogP contribution in [-0.4, -0.2) is 17.8 Å². The van der Waals surface area contributed by atoms with Gasteiger partial charge in [-0.15, -0.1) is 0 Å². The maximum absolute atomic E-state index is 13.8. The Bertz CT molecular complexity index is 637. The largest absolute Gasteiger partial charge is 0.384 e. The summed E-state index contributed by atoms with van der Waals surface area (Å²) in [4.78, 5) is 1.96. The molecular weight excluding hydrogens is 289 g/mol. The number of halogens is 2. The Morgan fingerprint density at radius 1 is 1.24 bits per heavy atom. The first kappa shape index (κ1) is 15.5. The normalized spacial score (nSPS) is 10.9. The number of benzene rings is 2. The molecule has 0 fully saturated rings. The maximum Gasteiger partial charge on any atom is 0.129 e. The summed E-state index contributed by atoms with van der Waals surface area (Å²) in [5.74, 6) is -0.261. The van der Waals surface area contributed by atoms with E-state index in [1.165, 1.54) is 6.07 Å². The van der Waals surface area contributed by atoms with Crippen molar-refractivity contribution in [3.8, 4) is 0 Å². The van der Waals surface area contributed by atoms with Gasteiger partial charge in [0.25, 0.3) is 0 Å². The molecule has 2 rings (SSSR count). The van der Waals surface area contributed by atoms with Crippen molar-refractivity contribution in [2.24, 2.45) is 5.73 Å². The Hall–Kier alpha value is -1.91. The predicted octanol–water partition coefficient (Wildman–Crippen LogP) is 3.40. The second-order valence-corrected chi connectivity index (χ2v) is 5.39. The van der Waals surface area contributed by atoms with Crippen molar-refractivity contribution in [2.45, 2.75) is 13.1 Å². The lowest BCUT2D eigenvalue weighted by Gasteiger charge is -2.18. The van der Waals surface area contributed by atoms with E-state index in [1.54, 1.807) is 18.2 Å². The molecule has 2 aromatic carbocycles. The number of hydrogen-bond donors (Lipinski definition) is 2. The van der Waals surface area contributed by atoms with Gasteiger partial charge < -0.3 is 5.73 Å². The van der Waals surface area contributed by atoms with Crippen LogP contribution in [0.4, 0.5) is 4.39 Å². The molecule has 110 valence electrons. The van der Waals surface area contributed by atoms with E-state index in [2.05, 4.69) is 0 Å². The fourth-order valence-electron chi connectivity index (χ4n) is 2.16. The first-order chi connectivity index (χ1) is 9.97. The van der Waals surface area contributed by atoms with Crippen LogP contribution in [0.3, 0.4) is 0 Å². The number of rotatable bonds is 5. The molecule has 2 aromatic rings. The van der Waals surface area contributed by atoms with Crippen molar-refractivity contribution in [3.63, 3.8) is 0 Å². The van der Waals surface area contributed by atoms with E-state index in [-0.39, 0.29) is 11.7 Å². The molecule has 0 aliphatic carbocycles. The van der Waals surface area contributed by atoms with Crippen LogP contribution in [0.15, 0.2) is 42.5 Å². The Morgan fingerprint density at radius 2 is 1.95 bits per heavy atom. The number of nitrogen functional groups attached to an aromatic ring is 1. The van der Waals surface area contributed by atoms with E-state index in [4.69, 9.17) is 22.7 Å². The molecule has 3 nitrogen and oxygen atoms in total. The molecule has 0 aromatic heterocycles. The number of amidine groups is 1. The van der Waals surface area contributed by atoms with Gasteiger partial charge in [-0.25, -0.2) is 4.39 Å². The van der Waals surface area contributed by atoms with Crippen LogP contribution in [0.2, 0.25) is 5.02 Å². The lowest BCUT2D eigenvalue weighted by Crippen LogP contribution is -2.19. The van der Waals surface area contributed by atoms with Gasteiger partial charge in [-0.3, -0.25) is 10.3 Å². The molecule has 21 heavy (non-hydrogen) atoms. The highest BCUT2D eigenvalue weighted by molar-refractivity contribution is 6.31. The Kier molecular flexibility index (Phi) is 4.94. The van der Waals surface area contributed by atoms with Crippen LogP contribution < -0.4 is 5.73 Å². The minimum absolute atomic E-state index is 0.0386. The Morgan fingerprint density at radius 3 is 2.62 bits per heavy atom. The Labute approximate surface area is 128 Å². The summed E-state index contributed by atoms with van der Waals surface area (Å²) >= 11 is 6.03. The number of hydrogen-bond acceptors (Lipinski definition) is 2. The minimum Gasteiger partial charge on any atom is -0.384 e. The van der Waals surface area contributed by atoms with Crippen molar-refractivity contribution >= 4 is 17.4 Å². The van der Waals surface area contributed by atoms with Gasteiger partial charge in [0.2, 0.25) is 0 Å². The van der Waals surface area contributed by atoms with Crippen LogP contribution in [0.5, 0.6) is 0 Å². The van der Waals surface area contributed by atoms with Gasteiger partial charge in [0.1, 0.15) is 11.7 Å². The lowest BCUT2D eigenvalue weighted by atomic mass is 10.1. The molecule has 0 aliphatic heterocycles. The van der Waals surface area contributed by atoms with Crippen LogP contribution in [0.25, 0.3) is 0 Å². The van der Waals surface area contributed by atoms with Crippen LogP contribution in [-0.2, 0) is 13.1 Å². The smallest absolute Gasteiger partial charge is 0.129 e. The molecule has 0 amide bonds. The van der Waals surface area contributed by atoms with Crippen molar-refractivity contribution in [1.82, 2.24) is 4.90 Å². The van der Waals surface area contributed by atoms with E-state index >= 15 is 0 Å². The SMILES string of the molecule is CN(Cc1cccc(C(=N)N)c1)Cc1c(F)cccc1Cl. The molecule has 3 N–H and O–H groups in total. The van der Waals surface area contributed by atoms with Crippen molar-refractivity contribution in [2.75, 3.05) is 7.05 Å². The number of nitrogens with two attached hydrogens (primary N) is 1. The highest BCUT2D eigenvalue weighted by Crippen LogP contribution is 2.21. The zero-order chi connectivity index (χ0) is 15.4. The van der Waals surface area contributed by atoms with Crippen molar-refractivity contribution in [1.29, 1.82) is 5.41 Å². The molecular formula is C16H17ClFN3. The van der Waals surface area contributed by atoms with Gasteiger partial charge in [-0.05, 0) is 30.8 Å². The van der Waals surface area contributed by atoms with Crippen LogP contribution >= 0.6 is 11.6 Å². The highest BCUT2D eigenvalue weighted by Gasteiger charge is 2.10. The molecule has 0 atom stereocenters. The van der Waals surface area contributed by atoms with E-state index in [9.17, 15) is 4.39 Å². The summed E-state index contributed by atoms with van der Waals surface area (Å²) in [7, 11) is 1.89. The van der Waals surface area contributed by atoms with E-state index in [0.29, 0.717) is 29.2 Å². The molecule has 5 heteroatoms. The van der Waals surface area contributed by atoms with Crippen LogP contribution in [0, 0.1) is 11.2 Å². The predicted molar refractivity (Wildman–Crippen MR) is 84.0 cm³/mol. The fourth-order valence-corrected chi connectivity index (χ4v) is 2.38. The van der Waals surface area contributed by atoms with E-state index < -0.39 is 0 Å². The molecule has 0 spiro atoms. The first-order valence-electron chi connectivity index (χ1n) is 6.52. The summed E-state index contributed by atoms with van der Waals surface area (Å²) in [5.41, 5.74) is 7.67. The molecule has 0 aliphatic rings. The second-order valence-electron chi connectivity index (χ2n) is 4.99. The molecule has 0 radical (unpaired) electrons. The van der Waals surface area contributed by atoms with Crippen LogP contribution in [0.1, 0.15) is 16.7 Å². The van der Waals surface area contributed by atoms with Gasteiger partial charge in [0.15, 0.2) is 0 Å². The third-order valence-corrected chi connectivity index (χ3v) is 3.53. The van der Waals surface area contributed by atoms with Gasteiger partial charge in [-0.2, -0.15) is 0 Å². The topological polar surface area (TPSA) is 53.1 Å². The molecule has 0 unspecified atom stereocenters. The van der Waals surface area contributed by atoms with Gasteiger partial charge in [0.05, 0.1) is 0 Å². The summed E-state index contributed by atoms with van der Waals surface area (Å²) in [6, 6.07) is 12.1.